The predicted molar refractivity (Wildman–Crippen MR) is 126 cm³/mol. The third kappa shape index (κ3) is 5.89. The highest BCUT2D eigenvalue weighted by molar-refractivity contribution is 5.48. The Hall–Kier alpha value is -4.32. The summed E-state index contributed by atoms with van der Waals surface area (Å²) in [7, 11) is 4.87. The fourth-order valence-electron chi connectivity index (χ4n) is 3.06. The van der Waals surface area contributed by atoms with Crippen LogP contribution in [0.15, 0.2) is 91.0 Å². The third-order valence-electron chi connectivity index (χ3n) is 4.74. The fourth-order valence-corrected chi connectivity index (χ4v) is 3.06. The molecule has 4 aromatic rings. The predicted octanol–water partition coefficient (Wildman–Crippen LogP) is 7.09. The molecule has 0 aliphatic carbocycles. The summed E-state index contributed by atoms with van der Waals surface area (Å²) < 4.78 is 33.8. The second kappa shape index (κ2) is 10.3. The van der Waals surface area contributed by atoms with Crippen molar-refractivity contribution < 1.29 is 28.4 Å². The maximum Gasteiger partial charge on any atom is 0.134 e. The van der Waals surface area contributed by atoms with Crippen molar-refractivity contribution in [2.75, 3.05) is 21.3 Å². The van der Waals surface area contributed by atoms with E-state index in [4.69, 9.17) is 28.4 Å². The summed E-state index contributed by atoms with van der Waals surface area (Å²) in [6, 6.07) is 27.4. The van der Waals surface area contributed by atoms with Crippen LogP contribution in [0.3, 0.4) is 0 Å². The molecule has 0 saturated carbocycles. The molecular weight excluding hydrogens is 420 g/mol. The van der Waals surface area contributed by atoms with Crippen molar-refractivity contribution in [3.8, 4) is 51.7 Å². The van der Waals surface area contributed by atoms with Crippen LogP contribution in [0.25, 0.3) is 0 Å². The summed E-state index contributed by atoms with van der Waals surface area (Å²) in [6.45, 7) is 0. The van der Waals surface area contributed by atoms with E-state index in [1.165, 1.54) is 0 Å². The molecule has 0 aromatic heterocycles. The molecule has 0 fully saturated rings. The highest BCUT2D eigenvalue weighted by Gasteiger charge is 2.09. The van der Waals surface area contributed by atoms with Crippen molar-refractivity contribution in [3.63, 3.8) is 0 Å². The number of rotatable bonds is 9. The van der Waals surface area contributed by atoms with Gasteiger partial charge in [0, 0.05) is 18.2 Å². The van der Waals surface area contributed by atoms with Crippen molar-refractivity contribution in [2.24, 2.45) is 0 Å². The normalized spacial score (nSPS) is 10.3. The molecule has 0 atom stereocenters. The summed E-state index contributed by atoms with van der Waals surface area (Å²) in [6.07, 6.45) is 0. The highest BCUT2D eigenvalue weighted by atomic mass is 16.5. The number of ether oxygens (including phenoxy) is 6. The summed E-state index contributed by atoms with van der Waals surface area (Å²) in [5.74, 6) is 5.93. The molecule has 0 unspecified atom stereocenters. The van der Waals surface area contributed by atoms with Gasteiger partial charge >= 0.3 is 0 Å². The van der Waals surface area contributed by atoms with Gasteiger partial charge in [0.25, 0.3) is 0 Å². The zero-order valence-electron chi connectivity index (χ0n) is 18.6. The van der Waals surface area contributed by atoms with E-state index in [9.17, 15) is 0 Å². The van der Waals surface area contributed by atoms with Gasteiger partial charge in [0.1, 0.15) is 51.7 Å². The summed E-state index contributed by atoms with van der Waals surface area (Å²) in [5, 5.41) is 0. The van der Waals surface area contributed by atoms with Gasteiger partial charge in [-0.1, -0.05) is 0 Å². The average Bonchev–Trinajstić information content (AvgIpc) is 2.85. The van der Waals surface area contributed by atoms with Gasteiger partial charge in [-0.3, -0.25) is 0 Å². The van der Waals surface area contributed by atoms with E-state index in [0.717, 1.165) is 17.2 Å². The molecule has 4 aromatic carbocycles. The number of methoxy groups -OCH3 is 3. The molecule has 0 bridgehead atoms. The van der Waals surface area contributed by atoms with Crippen molar-refractivity contribution in [2.45, 2.75) is 0 Å². The average molecular weight is 444 g/mol. The lowest BCUT2D eigenvalue weighted by Gasteiger charge is -2.13. The molecule has 0 amide bonds. The van der Waals surface area contributed by atoms with Crippen LogP contribution in [0.5, 0.6) is 51.7 Å². The molecule has 0 N–H and O–H groups in total. The Morgan fingerprint density at radius 1 is 0.303 bits per heavy atom. The summed E-state index contributed by atoms with van der Waals surface area (Å²) >= 11 is 0. The lowest BCUT2D eigenvalue weighted by atomic mass is 10.2. The Morgan fingerprint density at radius 3 is 0.727 bits per heavy atom. The van der Waals surface area contributed by atoms with Gasteiger partial charge in [0.05, 0.1) is 21.3 Å². The molecule has 33 heavy (non-hydrogen) atoms. The molecule has 0 radical (unpaired) electrons. The second-order valence-corrected chi connectivity index (χ2v) is 6.97. The van der Waals surface area contributed by atoms with Crippen LogP contribution < -0.4 is 28.4 Å². The number of hydrogen-bond acceptors (Lipinski definition) is 6. The first kappa shape index (κ1) is 21.9. The topological polar surface area (TPSA) is 55.4 Å². The lowest BCUT2D eigenvalue weighted by Crippen LogP contribution is -1.91. The van der Waals surface area contributed by atoms with E-state index in [1.54, 1.807) is 39.5 Å². The van der Waals surface area contributed by atoms with Gasteiger partial charge in [0.2, 0.25) is 0 Å². The van der Waals surface area contributed by atoms with Crippen LogP contribution in [0.1, 0.15) is 0 Å². The van der Waals surface area contributed by atoms with Gasteiger partial charge < -0.3 is 28.4 Å². The number of hydrogen-bond donors (Lipinski definition) is 0. The monoisotopic (exact) mass is 444 g/mol. The van der Waals surface area contributed by atoms with Crippen LogP contribution >= 0.6 is 0 Å². The first-order chi connectivity index (χ1) is 16.1. The zero-order chi connectivity index (χ0) is 23.0. The zero-order valence-corrected chi connectivity index (χ0v) is 18.6. The van der Waals surface area contributed by atoms with E-state index in [2.05, 4.69) is 0 Å². The van der Waals surface area contributed by atoms with E-state index in [0.29, 0.717) is 34.5 Å². The molecule has 168 valence electrons. The highest BCUT2D eigenvalue weighted by Crippen LogP contribution is 2.36. The Balaban J connectivity index is 1.61. The van der Waals surface area contributed by atoms with E-state index < -0.39 is 0 Å². The van der Waals surface area contributed by atoms with Crippen LogP contribution in [0, 0.1) is 0 Å². The van der Waals surface area contributed by atoms with E-state index >= 15 is 0 Å². The summed E-state index contributed by atoms with van der Waals surface area (Å²) in [5.41, 5.74) is 0. The molecular formula is C27H24O6. The molecule has 6 nitrogen and oxygen atoms in total. The minimum atomic E-state index is 0.565. The molecule has 0 heterocycles. The molecule has 4 rings (SSSR count). The maximum atomic E-state index is 6.05. The van der Waals surface area contributed by atoms with E-state index in [1.807, 2.05) is 72.8 Å². The lowest BCUT2D eigenvalue weighted by molar-refractivity contribution is 0.410. The first-order valence-electron chi connectivity index (χ1n) is 10.3. The third-order valence-corrected chi connectivity index (χ3v) is 4.74. The Kier molecular flexibility index (Phi) is 6.85. The van der Waals surface area contributed by atoms with Crippen LogP contribution in [-0.2, 0) is 0 Å². The second-order valence-electron chi connectivity index (χ2n) is 6.97. The Bertz CT molecular complexity index is 1010. The summed E-state index contributed by atoms with van der Waals surface area (Å²) in [4.78, 5) is 0. The number of benzene rings is 4. The van der Waals surface area contributed by atoms with Crippen molar-refractivity contribution in [3.05, 3.63) is 91.0 Å². The van der Waals surface area contributed by atoms with E-state index in [-0.39, 0.29) is 0 Å². The van der Waals surface area contributed by atoms with Crippen molar-refractivity contribution in [1.29, 1.82) is 0 Å². The fraction of sp³-hybridized carbons (Fsp3) is 0.111. The van der Waals surface area contributed by atoms with Crippen molar-refractivity contribution in [1.82, 2.24) is 0 Å². The minimum absolute atomic E-state index is 0.565. The van der Waals surface area contributed by atoms with Crippen LogP contribution in [0.4, 0.5) is 0 Å². The molecule has 0 aliphatic rings. The Labute approximate surface area is 192 Å². The first-order valence-corrected chi connectivity index (χ1v) is 10.3. The SMILES string of the molecule is COc1ccc(Oc2cc(Oc3ccc(OC)cc3)cc(Oc3ccc(OC)cc3)c2)cc1. The van der Waals surface area contributed by atoms with Gasteiger partial charge in [0.15, 0.2) is 0 Å². The minimum Gasteiger partial charge on any atom is -0.497 e. The van der Waals surface area contributed by atoms with Gasteiger partial charge in [-0.15, -0.1) is 0 Å². The standard InChI is InChI=1S/C27H24O6/c1-28-19-4-10-22(11-5-19)31-25-16-26(32-23-12-6-20(29-2)7-13-23)18-27(17-25)33-24-14-8-21(30-3)9-15-24/h4-18H,1-3H3. The Morgan fingerprint density at radius 2 is 0.515 bits per heavy atom. The van der Waals surface area contributed by atoms with Gasteiger partial charge in [-0.25, -0.2) is 0 Å². The van der Waals surface area contributed by atoms with Crippen LogP contribution in [-0.4, -0.2) is 21.3 Å². The van der Waals surface area contributed by atoms with Gasteiger partial charge in [-0.2, -0.15) is 0 Å². The smallest absolute Gasteiger partial charge is 0.134 e. The quantitative estimate of drug-likeness (QED) is 0.275. The molecule has 0 saturated heterocycles. The van der Waals surface area contributed by atoms with Crippen molar-refractivity contribution >= 4 is 0 Å². The molecule has 0 aliphatic heterocycles. The molecule has 6 heteroatoms. The largest absolute Gasteiger partial charge is 0.497 e. The maximum absolute atomic E-state index is 6.05. The molecule has 0 spiro atoms. The van der Waals surface area contributed by atoms with Crippen LogP contribution in [0.2, 0.25) is 0 Å². The van der Waals surface area contributed by atoms with Gasteiger partial charge in [-0.05, 0) is 72.8 Å².